The van der Waals surface area contributed by atoms with Crippen LogP contribution >= 0.6 is 11.6 Å². The van der Waals surface area contributed by atoms with Crippen LogP contribution < -0.4 is 0 Å². The molecule has 0 radical (unpaired) electrons. The van der Waals surface area contributed by atoms with Gasteiger partial charge in [-0.2, -0.15) is 0 Å². The molecule has 0 saturated carbocycles. The van der Waals surface area contributed by atoms with Crippen LogP contribution in [0.15, 0.2) is 36.4 Å². The second-order valence-electron chi connectivity index (χ2n) is 6.08. The Bertz CT molecular complexity index is 621. The van der Waals surface area contributed by atoms with Crippen LogP contribution in [-0.4, -0.2) is 47.8 Å². The molecule has 5 heteroatoms. The van der Waals surface area contributed by atoms with Crippen molar-refractivity contribution in [2.45, 2.75) is 19.3 Å². The van der Waals surface area contributed by atoms with E-state index < -0.39 is 0 Å². The molecule has 1 fully saturated rings. The first-order valence-electron chi connectivity index (χ1n) is 8.14. The van der Waals surface area contributed by atoms with Gasteiger partial charge in [-0.05, 0) is 31.4 Å². The third kappa shape index (κ3) is 3.58. The van der Waals surface area contributed by atoms with Gasteiger partial charge < -0.3 is 9.80 Å². The van der Waals surface area contributed by atoms with E-state index in [-0.39, 0.29) is 17.7 Å². The Hall–Kier alpha value is -1.81. The third-order valence-electron chi connectivity index (χ3n) is 4.60. The van der Waals surface area contributed by atoms with Crippen molar-refractivity contribution in [3.63, 3.8) is 0 Å². The highest BCUT2D eigenvalue weighted by molar-refractivity contribution is 6.33. The molecule has 2 aliphatic rings. The molecule has 1 atom stereocenters. The predicted molar refractivity (Wildman–Crippen MR) is 90.4 cm³/mol. The van der Waals surface area contributed by atoms with E-state index >= 15 is 0 Å². The highest BCUT2D eigenvalue weighted by atomic mass is 35.5. The minimum absolute atomic E-state index is 0.0525. The number of hydrogen-bond acceptors (Lipinski definition) is 2. The molecule has 1 heterocycles. The first kappa shape index (κ1) is 16.1. The maximum atomic E-state index is 12.5. The van der Waals surface area contributed by atoms with Crippen LogP contribution in [0.1, 0.15) is 29.6 Å². The first-order chi connectivity index (χ1) is 11.2. The Morgan fingerprint density at radius 2 is 1.70 bits per heavy atom. The van der Waals surface area contributed by atoms with E-state index in [0.717, 1.165) is 19.3 Å². The van der Waals surface area contributed by atoms with Crippen molar-refractivity contribution in [3.05, 3.63) is 47.0 Å². The van der Waals surface area contributed by atoms with Crippen molar-refractivity contribution in [3.8, 4) is 0 Å². The zero-order chi connectivity index (χ0) is 16.2. The fourth-order valence-corrected chi connectivity index (χ4v) is 3.43. The maximum Gasteiger partial charge on any atom is 0.255 e. The van der Waals surface area contributed by atoms with Gasteiger partial charge in [-0.1, -0.05) is 35.9 Å². The summed E-state index contributed by atoms with van der Waals surface area (Å²) in [7, 11) is 0. The molecule has 23 heavy (non-hydrogen) atoms. The van der Waals surface area contributed by atoms with Gasteiger partial charge >= 0.3 is 0 Å². The van der Waals surface area contributed by atoms with Crippen molar-refractivity contribution in [1.82, 2.24) is 9.80 Å². The summed E-state index contributed by atoms with van der Waals surface area (Å²) in [6, 6.07) is 7.10. The number of carbonyl (C=O) groups is 2. The largest absolute Gasteiger partial charge is 0.339 e. The number of allylic oxidation sites excluding steroid dienone is 2. The summed E-state index contributed by atoms with van der Waals surface area (Å²) in [6.07, 6.45) is 7.01. The summed E-state index contributed by atoms with van der Waals surface area (Å²) in [6.45, 7) is 2.35. The van der Waals surface area contributed by atoms with Gasteiger partial charge in [0.25, 0.3) is 5.91 Å². The Labute approximate surface area is 141 Å². The van der Waals surface area contributed by atoms with Crippen molar-refractivity contribution in [1.29, 1.82) is 0 Å². The fraction of sp³-hybridized carbons (Fsp3) is 0.444. The van der Waals surface area contributed by atoms with Crippen LogP contribution in [0.4, 0.5) is 0 Å². The molecule has 4 nitrogen and oxygen atoms in total. The summed E-state index contributed by atoms with van der Waals surface area (Å²) in [4.78, 5) is 28.7. The second-order valence-corrected chi connectivity index (χ2v) is 6.49. The smallest absolute Gasteiger partial charge is 0.255 e. The second kappa shape index (κ2) is 7.18. The fourth-order valence-electron chi connectivity index (χ4n) is 3.21. The summed E-state index contributed by atoms with van der Waals surface area (Å²) < 4.78 is 0. The van der Waals surface area contributed by atoms with Gasteiger partial charge in [-0.15, -0.1) is 0 Å². The number of amides is 2. The number of carbonyl (C=O) groups excluding carboxylic acids is 2. The lowest BCUT2D eigenvalue weighted by Crippen LogP contribution is -2.52. The lowest BCUT2D eigenvalue weighted by molar-refractivity contribution is -0.137. The number of piperazine rings is 1. The highest BCUT2D eigenvalue weighted by Crippen LogP contribution is 2.22. The van der Waals surface area contributed by atoms with E-state index in [2.05, 4.69) is 12.2 Å². The normalized spacial score (nSPS) is 21.3. The summed E-state index contributed by atoms with van der Waals surface area (Å²) in [5.41, 5.74) is 0.534. The molecular formula is C18H21ClN2O2. The quantitative estimate of drug-likeness (QED) is 0.781. The van der Waals surface area contributed by atoms with Gasteiger partial charge in [0.05, 0.1) is 10.6 Å². The zero-order valence-corrected chi connectivity index (χ0v) is 13.8. The molecular weight excluding hydrogens is 312 g/mol. The Balaban J connectivity index is 1.58. The van der Waals surface area contributed by atoms with E-state index in [9.17, 15) is 9.59 Å². The van der Waals surface area contributed by atoms with Crippen molar-refractivity contribution in [2.75, 3.05) is 26.2 Å². The van der Waals surface area contributed by atoms with Gasteiger partial charge in [0.2, 0.25) is 5.91 Å². The van der Waals surface area contributed by atoms with E-state index in [0.29, 0.717) is 36.8 Å². The van der Waals surface area contributed by atoms with E-state index in [1.165, 1.54) is 0 Å². The highest BCUT2D eigenvalue weighted by Gasteiger charge is 2.29. The zero-order valence-electron chi connectivity index (χ0n) is 13.1. The number of benzene rings is 1. The Morgan fingerprint density at radius 1 is 1.00 bits per heavy atom. The molecule has 2 amide bonds. The SMILES string of the molecule is O=C(c1ccccc1Cl)N1CCN(C(=O)C2CC=CCC2)CC1. The lowest BCUT2D eigenvalue weighted by Gasteiger charge is -2.36. The predicted octanol–water partition coefficient (Wildman–Crippen LogP) is 2.98. The van der Waals surface area contributed by atoms with E-state index in [1.807, 2.05) is 17.0 Å². The molecule has 0 spiro atoms. The van der Waals surface area contributed by atoms with Crippen LogP contribution in [-0.2, 0) is 4.79 Å². The van der Waals surface area contributed by atoms with Crippen LogP contribution in [0.25, 0.3) is 0 Å². The third-order valence-corrected chi connectivity index (χ3v) is 4.93. The summed E-state index contributed by atoms with van der Waals surface area (Å²) in [5.74, 6) is 0.299. The molecule has 122 valence electrons. The molecule has 0 aromatic heterocycles. The molecule has 1 saturated heterocycles. The van der Waals surface area contributed by atoms with Crippen molar-refractivity contribution < 1.29 is 9.59 Å². The minimum Gasteiger partial charge on any atom is -0.339 e. The Morgan fingerprint density at radius 3 is 2.35 bits per heavy atom. The monoisotopic (exact) mass is 332 g/mol. The van der Waals surface area contributed by atoms with Gasteiger partial charge in [0, 0.05) is 32.1 Å². The number of rotatable bonds is 2. The summed E-state index contributed by atoms with van der Waals surface area (Å²) >= 11 is 6.10. The van der Waals surface area contributed by atoms with E-state index in [4.69, 9.17) is 11.6 Å². The lowest BCUT2D eigenvalue weighted by atomic mass is 9.93. The van der Waals surface area contributed by atoms with Gasteiger partial charge in [0.15, 0.2) is 0 Å². The number of hydrogen-bond donors (Lipinski definition) is 0. The standard InChI is InChI=1S/C18H21ClN2O2/c19-16-9-5-4-8-15(16)18(23)21-12-10-20(11-13-21)17(22)14-6-2-1-3-7-14/h1-2,4-5,8-9,14H,3,6-7,10-13H2. The van der Waals surface area contributed by atoms with Crippen LogP contribution in [0.5, 0.6) is 0 Å². The van der Waals surface area contributed by atoms with Gasteiger partial charge in [-0.3, -0.25) is 9.59 Å². The molecule has 0 bridgehead atoms. The van der Waals surface area contributed by atoms with Crippen molar-refractivity contribution >= 4 is 23.4 Å². The molecule has 1 unspecified atom stereocenters. The van der Waals surface area contributed by atoms with Gasteiger partial charge in [0.1, 0.15) is 0 Å². The van der Waals surface area contributed by atoms with E-state index in [1.54, 1.807) is 17.0 Å². The molecule has 1 aliphatic carbocycles. The molecule has 1 aromatic rings. The topological polar surface area (TPSA) is 40.6 Å². The van der Waals surface area contributed by atoms with Crippen LogP contribution in [0.3, 0.4) is 0 Å². The molecule has 1 aromatic carbocycles. The minimum atomic E-state index is -0.0525. The maximum absolute atomic E-state index is 12.5. The number of nitrogens with zero attached hydrogens (tertiary/aromatic N) is 2. The van der Waals surface area contributed by atoms with Crippen molar-refractivity contribution in [2.24, 2.45) is 5.92 Å². The summed E-state index contributed by atoms with van der Waals surface area (Å²) in [5, 5.41) is 0.477. The van der Waals surface area contributed by atoms with Crippen LogP contribution in [0, 0.1) is 5.92 Å². The molecule has 1 aliphatic heterocycles. The number of halogens is 1. The average molecular weight is 333 g/mol. The molecule has 3 rings (SSSR count). The van der Waals surface area contributed by atoms with Crippen LogP contribution in [0.2, 0.25) is 5.02 Å². The Kier molecular flexibility index (Phi) is 5.01. The molecule has 0 N–H and O–H groups in total. The first-order valence-corrected chi connectivity index (χ1v) is 8.52. The van der Waals surface area contributed by atoms with Gasteiger partial charge in [-0.25, -0.2) is 0 Å². The average Bonchev–Trinajstić information content (AvgIpc) is 2.62.